The van der Waals surface area contributed by atoms with Gasteiger partial charge in [-0.15, -0.1) is 0 Å². The highest BCUT2D eigenvalue weighted by atomic mass is 16.3. The van der Waals surface area contributed by atoms with Gasteiger partial charge in [0.05, 0.1) is 23.7 Å². The molecule has 5 nitrogen and oxygen atoms in total. The molecule has 1 atom stereocenters. The average molecular weight is 278 g/mol. The SMILES string of the molecule is CCCNc1cnc(CN2CCCC(C)(O)CC2)cn1. The summed E-state index contributed by atoms with van der Waals surface area (Å²) < 4.78 is 0. The van der Waals surface area contributed by atoms with Crippen LogP contribution in [0.25, 0.3) is 0 Å². The van der Waals surface area contributed by atoms with Gasteiger partial charge in [-0.05, 0) is 39.2 Å². The van der Waals surface area contributed by atoms with E-state index in [4.69, 9.17) is 0 Å². The summed E-state index contributed by atoms with van der Waals surface area (Å²) in [4.78, 5) is 11.2. The maximum Gasteiger partial charge on any atom is 0.144 e. The third kappa shape index (κ3) is 4.72. The number of rotatable bonds is 5. The fourth-order valence-electron chi connectivity index (χ4n) is 2.49. The van der Waals surface area contributed by atoms with Crippen LogP contribution in [0.2, 0.25) is 0 Å². The lowest BCUT2D eigenvalue weighted by molar-refractivity contribution is 0.0444. The lowest BCUT2D eigenvalue weighted by Crippen LogP contribution is -2.28. The zero-order valence-electron chi connectivity index (χ0n) is 12.6. The summed E-state index contributed by atoms with van der Waals surface area (Å²) in [5, 5.41) is 13.3. The van der Waals surface area contributed by atoms with Crippen molar-refractivity contribution in [3.63, 3.8) is 0 Å². The molecule has 1 aromatic heterocycles. The number of anilines is 1. The van der Waals surface area contributed by atoms with E-state index >= 15 is 0 Å². The van der Waals surface area contributed by atoms with E-state index < -0.39 is 5.60 Å². The van der Waals surface area contributed by atoms with Crippen LogP contribution in [-0.4, -0.2) is 45.2 Å². The minimum absolute atomic E-state index is 0.506. The standard InChI is InChI=1S/C15H26N4O/c1-3-7-16-14-11-17-13(10-18-14)12-19-8-4-5-15(2,20)6-9-19/h10-11,20H,3-9,12H2,1-2H3,(H,16,18). The van der Waals surface area contributed by atoms with Gasteiger partial charge in [-0.3, -0.25) is 9.88 Å². The summed E-state index contributed by atoms with van der Waals surface area (Å²) in [5.41, 5.74) is 0.488. The van der Waals surface area contributed by atoms with Gasteiger partial charge in [0.15, 0.2) is 0 Å². The van der Waals surface area contributed by atoms with Gasteiger partial charge in [0.2, 0.25) is 0 Å². The molecule has 0 saturated carbocycles. The van der Waals surface area contributed by atoms with E-state index in [9.17, 15) is 5.11 Å². The van der Waals surface area contributed by atoms with E-state index in [2.05, 4.69) is 27.1 Å². The quantitative estimate of drug-likeness (QED) is 0.863. The molecule has 1 saturated heterocycles. The van der Waals surface area contributed by atoms with Crippen LogP contribution >= 0.6 is 0 Å². The first-order valence-corrected chi connectivity index (χ1v) is 7.58. The van der Waals surface area contributed by atoms with Crippen LogP contribution in [0.5, 0.6) is 0 Å². The third-order valence-corrected chi connectivity index (χ3v) is 3.80. The molecule has 1 unspecified atom stereocenters. The highest BCUT2D eigenvalue weighted by Crippen LogP contribution is 2.22. The number of aliphatic hydroxyl groups is 1. The topological polar surface area (TPSA) is 61.3 Å². The van der Waals surface area contributed by atoms with Crippen molar-refractivity contribution in [1.82, 2.24) is 14.9 Å². The fraction of sp³-hybridized carbons (Fsp3) is 0.733. The second-order valence-corrected chi connectivity index (χ2v) is 5.95. The van der Waals surface area contributed by atoms with Crippen molar-refractivity contribution in [3.8, 4) is 0 Å². The minimum Gasteiger partial charge on any atom is -0.390 e. The Kier molecular flexibility index (Phi) is 5.31. The van der Waals surface area contributed by atoms with Gasteiger partial charge in [-0.2, -0.15) is 0 Å². The van der Waals surface area contributed by atoms with Crippen molar-refractivity contribution in [2.24, 2.45) is 0 Å². The van der Waals surface area contributed by atoms with Crippen molar-refractivity contribution in [3.05, 3.63) is 18.1 Å². The summed E-state index contributed by atoms with van der Waals surface area (Å²) in [5.74, 6) is 0.842. The predicted octanol–water partition coefficient (Wildman–Crippen LogP) is 2.04. The number of hydrogen-bond donors (Lipinski definition) is 2. The van der Waals surface area contributed by atoms with E-state index in [0.29, 0.717) is 0 Å². The van der Waals surface area contributed by atoms with Gasteiger partial charge in [0.25, 0.3) is 0 Å². The second kappa shape index (κ2) is 6.99. The van der Waals surface area contributed by atoms with E-state index in [1.165, 1.54) is 0 Å². The van der Waals surface area contributed by atoms with E-state index in [1.54, 1.807) is 6.20 Å². The summed E-state index contributed by atoms with van der Waals surface area (Å²) in [6.45, 7) is 7.75. The number of aromatic nitrogens is 2. The molecular formula is C15H26N4O. The van der Waals surface area contributed by atoms with Crippen LogP contribution in [0, 0.1) is 0 Å². The van der Waals surface area contributed by atoms with Crippen molar-refractivity contribution < 1.29 is 5.11 Å². The molecule has 2 N–H and O–H groups in total. The fourth-order valence-corrected chi connectivity index (χ4v) is 2.49. The maximum absolute atomic E-state index is 10.1. The Morgan fingerprint density at radius 1 is 1.30 bits per heavy atom. The first kappa shape index (κ1) is 15.2. The zero-order chi connectivity index (χ0) is 14.4. The first-order valence-electron chi connectivity index (χ1n) is 7.58. The second-order valence-electron chi connectivity index (χ2n) is 5.95. The van der Waals surface area contributed by atoms with E-state index in [0.717, 1.165) is 63.4 Å². The average Bonchev–Trinajstić information content (AvgIpc) is 2.59. The summed E-state index contributed by atoms with van der Waals surface area (Å²) in [6, 6.07) is 0. The Labute approximate surface area is 121 Å². The molecule has 1 fully saturated rings. The Balaban J connectivity index is 1.86. The Morgan fingerprint density at radius 3 is 2.85 bits per heavy atom. The Morgan fingerprint density at radius 2 is 2.15 bits per heavy atom. The van der Waals surface area contributed by atoms with Gasteiger partial charge in [-0.25, -0.2) is 4.98 Å². The molecule has 0 aromatic carbocycles. The predicted molar refractivity (Wildman–Crippen MR) is 80.6 cm³/mol. The van der Waals surface area contributed by atoms with Gasteiger partial charge in [0, 0.05) is 19.6 Å². The van der Waals surface area contributed by atoms with Crippen LogP contribution in [0.1, 0.15) is 45.2 Å². The lowest BCUT2D eigenvalue weighted by Gasteiger charge is -2.22. The molecule has 2 rings (SSSR count). The highest BCUT2D eigenvalue weighted by Gasteiger charge is 2.24. The smallest absolute Gasteiger partial charge is 0.144 e. The number of nitrogens with zero attached hydrogens (tertiary/aromatic N) is 3. The van der Waals surface area contributed by atoms with Crippen molar-refractivity contribution in [1.29, 1.82) is 0 Å². The van der Waals surface area contributed by atoms with Crippen LogP contribution < -0.4 is 5.32 Å². The molecule has 0 radical (unpaired) electrons. The summed E-state index contributed by atoms with van der Waals surface area (Å²) >= 11 is 0. The molecule has 0 bridgehead atoms. The number of nitrogens with one attached hydrogen (secondary N) is 1. The molecule has 112 valence electrons. The van der Waals surface area contributed by atoms with Crippen LogP contribution in [0.4, 0.5) is 5.82 Å². The van der Waals surface area contributed by atoms with Gasteiger partial charge in [-0.1, -0.05) is 6.92 Å². The van der Waals surface area contributed by atoms with E-state index in [-0.39, 0.29) is 0 Å². The number of hydrogen-bond acceptors (Lipinski definition) is 5. The minimum atomic E-state index is -0.506. The number of likely N-dealkylation sites (tertiary alicyclic amines) is 1. The van der Waals surface area contributed by atoms with Crippen molar-refractivity contribution in [2.45, 2.75) is 51.7 Å². The Hall–Kier alpha value is -1.20. The largest absolute Gasteiger partial charge is 0.390 e. The normalized spacial score (nSPS) is 24.4. The zero-order valence-corrected chi connectivity index (χ0v) is 12.6. The van der Waals surface area contributed by atoms with Gasteiger partial charge >= 0.3 is 0 Å². The van der Waals surface area contributed by atoms with Gasteiger partial charge < -0.3 is 10.4 Å². The molecule has 0 spiro atoms. The Bertz CT molecular complexity index is 405. The molecule has 20 heavy (non-hydrogen) atoms. The maximum atomic E-state index is 10.1. The summed E-state index contributed by atoms with van der Waals surface area (Å²) in [7, 11) is 0. The molecule has 5 heteroatoms. The molecule has 1 aliphatic heterocycles. The van der Waals surface area contributed by atoms with Crippen molar-refractivity contribution in [2.75, 3.05) is 25.0 Å². The molecule has 2 heterocycles. The summed E-state index contributed by atoms with van der Waals surface area (Å²) in [6.07, 6.45) is 7.49. The molecule has 0 amide bonds. The third-order valence-electron chi connectivity index (χ3n) is 3.80. The molecule has 1 aliphatic rings. The van der Waals surface area contributed by atoms with Crippen molar-refractivity contribution >= 4 is 5.82 Å². The molecule has 1 aromatic rings. The molecule has 0 aliphatic carbocycles. The highest BCUT2D eigenvalue weighted by molar-refractivity contribution is 5.30. The van der Waals surface area contributed by atoms with Crippen LogP contribution in [0.15, 0.2) is 12.4 Å². The first-order chi connectivity index (χ1) is 9.59. The van der Waals surface area contributed by atoms with E-state index in [1.807, 2.05) is 13.1 Å². The molecular weight excluding hydrogens is 252 g/mol. The van der Waals surface area contributed by atoms with Crippen LogP contribution in [-0.2, 0) is 6.54 Å². The van der Waals surface area contributed by atoms with Crippen LogP contribution in [0.3, 0.4) is 0 Å². The lowest BCUT2D eigenvalue weighted by atomic mass is 9.98. The monoisotopic (exact) mass is 278 g/mol. The van der Waals surface area contributed by atoms with Gasteiger partial charge in [0.1, 0.15) is 5.82 Å².